The predicted octanol–water partition coefficient (Wildman–Crippen LogP) is 2.19. The number of hydrogen-bond acceptors (Lipinski definition) is 5. The van der Waals surface area contributed by atoms with E-state index in [0.29, 0.717) is 5.92 Å². The van der Waals surface area contributed by atoms with Crippen molar-refractivity contribution in [3.8, 4) is 0 Å². The fourth-order valence-electron chi connectivity index (χ4n) is 3.85. The van der Waals surface area contributed by atoms with Crippen LogP contribution in [0.1, 0.15) is 50.3 Å². The highest BCUT2D eigenvalue weighted by Crippen LogP contribution is 2.47. The molecule has 0 bridgehead atoms. The average molecular weight is 351 g/mol. The van der Waals surface area contributed by atoms with Gasteiger partial charge in [0.1, 0.15) is 0 Å². The van der Waals surface area contributed by atoms with E-state index in [1.807, 2.05) is 13.2 Å². The molecule has 25 heavy (non-hydrogen) atoms. The lowest BCUT2D eigenvalue weighted by Crippen LogP contribution is -2.37. The lowest BCUT2D eigenvalue weighted by atomic mass is 9.64. The van der Waals surface area contributed by atoms with Crippen molar-refractivity contribution in [3.05, 3.63) is 17.5 Å². The summed E-state index contributed by atoms with van der Waals surface area (Å²) in [5.74, 6) is 0.193. The van der Waals surface area contributed by atoms with Gasteiger partial charge in [0.2, 0.25) is 0 Å². The fourth-order valence-corrected chi connectivity index (χ4v) is 3.85. The third-order valence-corrected chi connectivity index (χ3v) is 5.73. The minimum Gasteiger partial charge on any atom is -0.469 e. The van der Waals surface area contributed by atoms with Gasteiger partial charge in [-0.15, -0.1) is 0 Å². The van der Waals surface area contributed by atoms with E-state index in [4.69, 9.17) is 4.74 Å². The molecule has 1 saturated carbocycles. The molecular formula is C19H34N4O2. The molecule has 6 heteroatoms. The molecule has 1 aromatic heterocycles. The highest BCUT2D eigenvalue weighted by Gasteiger charge is 2.42. The molecule has 0 spiro atoms. The maximum Gasteiger partial charge on any atom is 0.309 e. The van der Waals surface area contributed by atoms with Gasteiger partial charge < -0.3 is 15.0 Å². The van der Waals surface area contributed by atoms with Gasteiger partial charge >= 0.3 is 5.97 Å². The number of esters is 1. The molecule has 1 aromatic rings. The summed E-state index contributed by atoms with van der Waals surface area (Å²) < 4.78 is 5.06. The van der Waals surface area contributed by atoms with Crippen molar-refractivity contribution in [2.45, 2.75) is 45.4 Å². The summed E-state index contributed by atoms with van der Waals surface area (Å²) in [6, 6.07) is 0. The minimum atomic E-state index is -0.0846. The van der Waals surface area contributed by atoms with E-state index in [1.165, 1.54) is 12.7 Å². The van der Waals surface area contributed by atoms with E-state index in [-0.39, 0.29) is 17.3 Å². The first-order valence-electron chi connectivity index (χ1n) is 9.32. The molecule has 2 atom stereocenters. The second kappa shape index (κ2) is 8.81. The number of likely N-dealkylation sites (N-methyl/N-ethyl adjacent to an activating group) is 2. The van der Waals surface area contributed by atoms with Crippen LogP contribution in [-0.4, -0.2) is 61.9 Å². The third kappa shape index (κ3) is 5.05. The highest BCUT2D eigenvalue weighted by molar-refractivity contribution is 5.73. The number of carbonyl (C=O) groups excluding carboxylic acids is 1. The van der Waals surface area contributed by atoms with Crippen molar-refractivity contribution in [3.63, 3.8) is 0 Å². The first kappa shape index (κ1) is 19.9. The summed E-state index contributed by atoms with van der Waals surface area (Å²) in [6.45, 7) is 7.38. The van der Waals surface area contributed by atoms with Crippen LogP contribution < -0.4 is 5.32 Å². The van der Waals surface area contributed by atoms with E-state index < -0.39 is 0 Å². The summed E-state index contributed by atoms with van der Waals surface area (Å²) in [4.78, 5) is 14.6. The highest BCUT2D eigenvalue weighted by atomic mass is 16.5. The molecule has 1 heterocycles. The van der Waals surface area contributed by atoms with Gasteiger partial charge in [0.15, 0.2) is 0 Å². The molecule has 142 valence electrons. The molecule has 2 N–H and O–H groups in total. The van der Waals surface area contributed by atoms with Gasteiger partial charge in [-0.1, -0.05) is 13.8 Å². The Balaban J connectivity index is 2.02. The minimum absolute atomic E-state index is 0.00651. The molecule has 0 amide bonds. The molecule has 0 saturated heterocycles. The Hall–Kier alpha value is -1.40. The van der Waals surface area contributed by atoms with E-state index in [2.05, 4.69) is 41.3 Å². The van der Waals surface area contributed by atoms with Gasteiger partial charge in [0.25, 0.3) is 0 Å². The number of aromatic nitrogens is 2. The Morgan fingerprint density at radius 1 is 1.48 bits per heavy atom. The van der Waals surface area contributed by atoms with Crippen LogP contribution in [0.4, 0.5) is 0 Å². The number of nitrogens with zero attached hydrogens (tertiary/aromatic N) is 2. The molecule has 1 fully saturated rings. The summed E-state index contributed by atoms with van der Waals surface area (Å²) in [5.41, 5.74) is 2.42. The predicted molar refractivity (Wildman–Crippen MR) is 99.6 cm³/mol. The standard InChI is InChI=1S/C19H34N4O2/c1-19(2)8-6-14(12-16(19)18(24)25-5)17-15(13-21-22-17)7-10-23(4)11-9-20-3/h13-14,16,20H,6-12H2,1-5H3,(H,21,22)/t14-,16+/m1/s1. The lowest BCUT2D eigenvalue weighted by Gasteiger charge is -2.40. The van der Waals surface area contributed by atoms with Crippen molar-refractivity contribution < 1.29 is 9.53 Å². The van der Waals surface area contributed by atoms with Gasteiger partial charge in [-0.3, -0.25) is 9.89 Å². The van der Waals surface area contributed by atoms with E-state index in [9.17, 15) is 4.79 Å². The summed E-state index contributed by atoms with van der Waals surface area (Å²) in [5, 5.41) is 10.8. The van der Waals surface area contributed by atoms with Crippen molar-refractivity contribution in [2.75, 3.05) is 40.8 Å². The normalized spacial score (nSPS) is 23.0. The van der Waals surface area contributed by atoms with E-state index >= 15 is 0 Å². The van der Waals surface area contributed by atoms with Crippen molar-refractivity contribution >= 4 is 5.97 Å². The summed E-state index contributed by atoms with van der Waals surface area (Å²) >= 11 is 0. The first-order chi connectivity index (χ1) is 11.9. The van der Waals surface area contributed by atoms with Crippen LogP contribution in [-0.2, 0) is 16.0 Å². The number of rotatable bonds is 8. The quantitative estimate of drug-likeness (QED) is 0.703. The zero-order chi connectivity index (χ0) is 18.4. The maximum atomic E-state index is 12.2. The number of ether oxygens (including phenoxy) is 1. The molecule has 1 aliphatic carbocycles. The Morgan fingerprint density at radius 3 is 2.92 bits per heavy atom. The van der Waals surface area contributed by atoms with Crippen LogP contribution in [0.2, 0.25) is 0 Å². The average Bonchev–Trinajstić information content (AvgIpc) is 3.05. The zero-order valence-corrected chi connectivity index (χ0v) is 16.4. The molecule has 0 radical (unpaired) electrons. The number of H-pyrrole nitrogens is 1. The van der Waals surface area contributed by atoms with E-state index in [1.54, 1.807) is 0 Å². The van der Waals surface area contributed by atoms with Crippen LogP contribution in [0.5, 0.6) is 0 Å². The van der Waals surface area contributed by atoms with Crippen molar-refractivity contribution in [1.29, 1.82) is 0 Å². The molecule has 6 nitrogen and oxygen atoms in total. The number of aromatic amines is 1. The van der Waals surface area contributed by atoms with Crippen LogP contribution in [0.25, 0.3) is 0 Å². The summed E-state index contributed by atoms with van der Waals surface area (Å²) in [6.07, 6.45) is 5.93. The second-order valence-corrected chi connectivity index (χ2v) is 7.99. The van der Waals surface area contributed by atoms with Gasteiger partial charge in [0, 0.05) is 31.7 Å². The first-order valence-corrected chi connectivity index (χ1v) is 9.32. The van der Waals surface area contributed by atoms with Crippen molar-refractivity contribution in [1.82, 2.24) is 20.4 Å². The van der Waals surface area contributed by atoms with Crippen molar-refractivity contribution in [2.24, 2.45) is 11.3 Å². The van der Waals surface area contributed by atoms with Gasteiger partial charge in [0.05, 0.1) is 18.7 Å². The second-order valence-electron chi connectivity index (χ2n) is 7.99. The SMILES string of the molecule is CNCCN(C)CCc1c[nH]nc1[C@@H]1CCC(C)(C)[C@H](C(=O)OC)C1. The molecule has 2 rings (SSSR count). The zero-order valence-electron chi connectivity index (χ0n) is 16.4. The maximum absolute atomic E-state index is 12.2. The van der Waals surface area contributed by atoms with E-state index in [0.717, 1.165) is 51.0 Å². The number of nitrogens with one attached hydrogen (secondary N) is 2. The Kier molecular flexibility index (Phi) is 7.02. The van der Waals surface area contributed by atoms with Gasteiger partial charge in [-0.25, -0.2) is 0 Å². The molecule has 1 aliphatic rings. The monoisotopic (exact) mass is 350 g/mol. The fraction of sp³-hybridized carbons (Fsp3) is 0.789. The van der Waals surface area contributed by atoms with Crippen LogP contribution >= 0.6 is 0 Å². The smallest absolute Gasteiger partial charge is 0.309 e. The lowest BCUT2D eigenvalue weighted by molar-refractivity contribution is -0.151. The van der Waals surface area contributed by atoms with Gasteiger partial charge in [-0.05, 0) is 50.8 Å². The number of methoxy groups -OCH3 is 1. The topological polar surface area (TPSA) is 70.2 Å². The van der Waals surface area contributed by atoms with Crippen LogP contribution in [0.15, 0.2) is 6.20 Å². The van der Waals surface area contributed by atoms with Gasteiger partial charge in [-0.2, -0.15) is 5.10 Å². The van der Waals surface area contributed by atoms with Crippen LogP contribution in [0.3, 0.4) is 0 Å². The Labute approximate surface area is 151 Å². The number of carbonyl (C=O) groups is 1. The third-order valence-electron chi connectivity index (χ3n) is 5.73. The molecular weight excluding hydrogens is 316 g/mol. The van der Waals surface area contributed by atoms with Crippen LogP contribution in [0, 0.1) is 11.3 Å². The summed E-state index contributed by atoms with van der Waals surface area (Å²) in [7, 11) is 5.61. The Bertz CT molecular complexity index is 555. The number of hydrogen-bond donors (Lipinski definition) is 2. The molecule has 0 unspecified atom stereocenters. The molecule has 0 aromatic carbocycles. The largest absolute Gasteiger partial charge is 0.469 e. The Morgan fingerprint density at radius 2 is 2.24 bits per heavy atom. The molecule has 0 aliphatic heterocycles.